The van der Waals surface area contributed by atoms with Crippen LogP contribution in [0, 0.1) is 19.8 Å². The second-order valence-electron chi connectivity index (χ2n) is 2.56. The van der Waals surface area contributed by atoms with Crippen LogP contribution >= 0.6 is 0 Å². The first-order valence-corrected chi connectivity index (χ1v) is 5.48. The van der Waals surface area contributed by atoms with Gasteiger partial charge in [-0.05, 0) is 19.1 Å². The van der Waals surface area contributed by atoms with Gasteiger partial charge in [-0.3, -0.25) is 4.98 Å². The molecule has 0 amide bonds. The zero-order chi connectivity index (χ0) is 14.4. The minimum Gasteiger partial charge on any atom is -0.400 e. The number of aliphatic hydroxyl groups excluding tert-OH is 1. The highest BCUT2D eigenvalue weighted by atomic mass is 16.5. The minimum atomic E-state index is 0.814. The normalized spacial score (nSPS) is 7.50. The van der Waals surface area contributed by atoms with E-state index in [1.54, 1.807) is 12.4 Å². The molecule has 0 aromatic carbocycles. The maximum absolute atomic E-state index is 7.00. The van der Waals surface area contributed by atoms with Gasteiger partial charge in [0.1, 0.15) is 11.5 Å². The smallest absolute Gasteiger partial charge is 0.134 e. The molecule has 0 aliphatic heterocycles. The molecule has 0 bridgehead atoms. The number of hydrogen-bond donors (Lipinski definition) is 1. The summed E-state index contributed by atoms with van der Waals surface area (Å²) in [7, 11) is 1.00. The summed E-state index contributed by atoms with van der Waals surface area (Å²) in [6.45, 7) is 5.87. The summed E-state index contributed by atoms with van der Waals surface area (Å²) >= 11 is 0. The average Bonchev–Trinajstić information content (AvgIpc) is 2.93. The second-order valence-corrected chi connectivity index (χ2v) is 2.56. The van der Waals surface area contributed by atoms with Crippen molar-refractivity contribution >= 4 is 0 Å². The first-order chi connectivity index (χ1) is 8.86. The number of aliphatic hydroxyl groups is 1. The molecule has 0 spiro atoms. The van der Waals surface area contributed by atoms with Gasteiger partial charge in [0.2, 0.25) is 0 Å². The number of aryl methyl sites for hydroxylation is 1. The van der Waals surface area contributed by atoms with Crippen molar-refractivity contribution in [2.24, 2.45) is 0 Å². The van der Waals surface area contributed by atoms with Gasteiger partial charge in [0.15, 0.2) is 0 Å². The summed E-state index contributed by atoms with van der Waals surface area (Å²) in [5, 5.41) is 10.9. The fraction of sp³-hybridized carbons (Fsp3) is 0.286. The van der Waals surface area contributed by atoms with Crippen LogP contribution in [0.2, 0.25) is 0 Å². The van der Waals surface area contributed by atoms with Gasteiger partial charge in [-0.1, -0.05) is 19.0 Å². The van der Waals surface area contributed by atoms with Crippen molar-refractivity contribution in [1.29, 1.82) is 0 Å². The Bertz CT molecular complexity index is 408. The lowest BCUT2D eigenvalue weighted by molar-refractivity contribution is 0.399. The molecule has 2 aromatic rings. The minimum absolute atomic E-state index is 0.814. The summed E-state index contributed by atoms with van der Waals surface area (Å²) in [6.07, 6.45) is 11.5. The van der Waals surface area contributed by atoms with E-state index in [9.17, 15) is 0 Å². The van der Waals surface area contributed by atoms with Gasteiger partial charge >= 0.3 is 0 Å². The van der Waals surface area contributed by atoms with E-state index in [1.807, 2.05) is 39.0 Å². The van der Waals surface area contributed by atoms with Crippen molar-refractivity contribution in [3.63, 3.8) is 0 Å². The van der Waals surface area contributed by atoms with E-state index in [2.05, 4.69) is 23.0 Å². The highest BCUT2D eigenvalue weighted by Gasteiger charge is 2.01. The number of rotatable bonds is 1. The molecule has 0 fully saturated rings. The van der Waals surface area contributed by atoms with Crippen molar-refractivity contribution < 1.29 is 9.63 Å². The summed E-state index contributed by atoms with van der Waals surface area (Å²) in [5.74, 6) is 0.814. The summed E-state index contributed by atoms with van der Waals surface area (Å²) < 4.78 is 4.94. The zero-order valence-electron chi connectivity index (χ0n) is 11.3. The Kier molecular flexibility index (Phi) is 13.1. The molecular weight excluding hydrogens is 228 g/mol. The quantitative estimate of drug-likeness (QED) is 0.788. The molecule has 0 unspecified atom stereocenters. The van der Waals surface area contributed by atoms with Crippen LogP contribution in [0.4, 0.5) is 0 Å². The number of nitrogens with zero attached hydrogens (tertiary/aromatic N) is 2. The van der Waals surface area contributed by atoms with Crippen molar-refractivity contribution in [2.75, 3.05) is 7.11 Å². The SMILES string of the molecule is C#C.CC.CO.Cc1cc(-c2cccnc2)no1. The number of terminal acetylenes is 1. The molecular formula is C14H20N2O2. The molecule has 2 rings (SSSR count). The lowest BCUT2D eigenvalue weighted by Gasteiger charge is -1.90. The molecule has 4 nitrogen and oxygen atoms in total. The average molecular weight is 248 g/mol. The van der Waals surface area contributed by atoms with Crippen LogP contribution in [-0.4, -0.2) is 22.4 Å². The first kappa shape index (κ1) is 18.3. The van der Waals surface area contributed by atoms with Crippen LogP contribution in [0.1, 0.15) is 19.6 Å². The van der Waals surface area contributed by atoms with Crippen molar-refractivity contribution in [3.8, 4) is 24.1 Å². The van der Waals surface area contributed by atoms with Crippen LogP contribution in [0.5, 0.6) is 0 Å². The Balaban J connectivity index is 0. The van der Waals surface area contributed by atoms with Crippen LogP contribution in [0.15, 0.2) is 35.1 Å². The third kappa shape index (κ3) is 6.46. The Morgan fingerprint density at radius 2 is 1.83 bits per heavy atom. The lowest BCUT2D eigenvalue weighted by Crippen LogP contribution is -1.76. The topological polar surface area (TPSA) is 59.2 Å². The van der Waals surface area contributed by atoms with Crippen molar-refractivity contribution in [1.82, 2.24) is 10.1 Å². The summed E-state index contributed by atoms with van der Waals surface area (Å²) in [6, 6.07) is 5.71. The molecule has 0 saturated carbocycles. The Morgan fingerprint density at radius 1 is 1.22 bits per heavy atom. The lowest BCUT2D eigenvalue weighted by atomic mass is 10.2. The van der Waals surface area contributed by atoms with E-state index in [0.717, 1.165) is 24.1 Å². The summed E-state index contributed by atoms with van der Waals surface area (Å²) in [5.41, 5.74) is 1.81. The third-order valence-electron chi connectivity index (χ3n) is 1.59. The molecule has 0 aliphatic carbocycles. The molecule has 2 aromatic heterocycles. The van der Waals surface area contributed by atoms with Gasteiger partial charge in [0, 0.05) is 31.1 Å². The summed E-state index contributed by atoms with van der Waals surface area (Å²) in [4.78, 5) is 3.99. The van der Waals surface area contributed by atoms with Crippen LogP contribution < -0.4 is 0 Å². The van der Waals surface area contributed by atoms with E-state index in [4.69, 9.17) is 9.63 Å². The largest absolute Gasteiger partial charge is 0.400 e. The molecule has 1 N–H and O–H groups in total. The van der Waals surface area contributed by atoms with Gasteiger partial charge in [0.05, 0.1) is 0 Å². The molecule has 4 heteroatoms. The molecule has 18 heavy (non-hydrogen) atoms. The highest BCUT2D eigenvalue weighted by molar-refractivity contribution is 5.56. The fourth-order valence-electron chi connectivity index (χ4n) is 1.02. The molecule has 0 atom stereocenters. The number of hydrogen-bond acceptors (Lipinski definition) is 4. The predicted molar refractivity (Wildman–Crippen MR) is 73.9 cm³/mol. The molecule has 0 aliphatic rings. The van der Waals surface area contributed by atoms with Gasteiger partial charge in [-0.2, -0.15) is 0 Å². The van der Waals surface area contributed by atoms with E-state index in [1.165, 1.54) is 0 Å². The van der Waals surface area contributed by atoms with Crippen LogP contribution in [-0.2, 0) is 0 Å². The Morgan fingerprint density at radius 3 is 2.22 bits per heavy atom. The van der Waals surface area contributed by atoms with E-state index >= 15 is 0 Å². The first-order valence-electron chi connectivity index (χ1n) is 5.48. The fourth-order valence-corrected chi connectivity index (χ4v) is 1.02. The van der Waals surface area contributed by atoms with E-state index in [-0.39, 0.29) is 0 Å². The molecule has 0 radical (unpaired) electrons. The standard InChI is InChI=1S/C9H8N2O.C2H6.C2H2.CH4O/c1-7-5-9(11-12-7)8-3-2-4-10-6-8;3*1-2/h2-6H,1H3;1-2H3;1-2H;2H,1H3. The van der Waals surface area contributed by atoms with Crippen molar-refractivity contribution in [2.45, 2.75) is 20.8 Å². The Labute approximate surface area is 109 Å². The maximum Gasteiger partial charge on any atom is 0.134 e. The molecule has 98 valence electrons. The number of pyridine rings is 1. The zero-order valence-corrected chi connectivity index (χ0v) is 11.3. The van der Waals surface area contributed by atoms with Gasteiger partial charge in [-0.15, -0.1) is 12.8 Å². The van der Waals surface area contributed by atoms with Gasteiger partial charge < -0.3 is 9.63 Å². The Hall–Kier alpha value is -2.12. The van der Waals surface area contributed by atoms with Gasteiger partial charge in [-0.25, -0.2) is 0 Å². The third-order valence-corrected chi connectivity index (χ3v) is 1.59. The molecule has 0 saturated heterocycles. The maximum atomic E-state index is 7.00. The number of aromatic nitrogens is 2. The van der Waals surface area contributed by atoms with Crippen LogP contribution in [0.3, 0.4) is 0 Å². The monoisotopic (exact) mass is 248 g/mol. The van der Waals surface area contributed by atoms with Crippen molar-refractivity contribution in [3.05, 3.63) is 36.4 Å². The van der Waals surface area contributed by atoms with E-state index in [0.29, 0.717) is 0 Å². The van der Waals surface area contributed by atoms with Gasteiger partial charge in [0.25, 0.3) is 0 Å². The van der Waals surface area contributed by atoms with E-state index < -0.39 is 0 Å². The molecule has 2 heterocycles. The predicted octanol–water partition coefficient (Wildman–Crippen LogP) is 2.93. The highest BCUT2D eigenvalue weighted by Crippen LogP contribution is 2.16. The second kappa shape index (κ2) is 12.9. The van der Waals surface area contributed by atoms with Crippen LogP contribution in [0.25, 0.3) is 11.3 Å².